The van der Waals surface area contributed by atoms with Gasteiger partial charge in [-0.15, -0.1) is 0 Å². The summed E-state index contributed by atoms with van der Waals surface area (Å²) in [6, 6.07) is 7.81. The van der Waals surface area contributed by atoms with Gasteiger partial charge in [0.2, 0.25) is 0 Å². The van der Waals surface area contributed by atoms with Crippen LogP contribution in [0.25, 0.3) is 0 Å². The van der Waals surface area contributed by atoms with Crippen molar-refractivity contribution in [3.63, 3.8) is 0 Å². The molecule has 0 unspecified atom stereocenters. The van der Waals surface area contributed by atoms with Crippen molar-refractivity contribution in [1.29, 1.82) is 0 Å². The van der Waals surface area contributed by atoms with Crippen molar-refractivity contribution in [2.24, 2.45) is 5.16 Å². The van der Waals surface area contributed by atoms with Gasteiger partial charge in [0.1, 0.15) is 25.1 Å². The molecule has 0 atom stereocenters. The number of rotatable bonds is 5. The number of oxime groups is 1. The predicted molar refractivity (Wildman–Crippen MR) is 135 cm³/mol. The normalized spacial score (nSPS) is 16.1. The van der Waals surface area contributed by atoms with E-state index in [0.717, 1.165) is 37.7 Å². The second kappa shape index (κ2) is 12.6. The van der Waals surface area contributed by atoms with Crippen molar-refractivity contribution in [3.05, 3.63) is 36.2 Å². The van der Waals surface area contributed by atoms with E-state index < -0.39 is 0 Å². The summed E-state index contributed by atoms with van der Waals surface area (Å²) in [6.45, 7) is 9.60. The average Bonchev–Trinajstić information content (AvgIpc) is 2.90. The van der Waals surface area contributed by atoms with E-state index in [4.69, 9.17) is 15.3 Å². The van der Waals surface area contributed by atoms with Crippen LogP contribution in [-0.2, 0) is 9.57 Å². The number of urea groups is 1. The zero-order chi connectivity index (χ0) is 24.3. The number of hydrogen-bond acceptors (Lipinski definition) is 9. The van der Waals surface area contributed by atoms with E-state index in [1.807, 2.05) is 38.1 Å². The quantitative estimate of drug-likeness (QED) is 0.504. The monoisotopic (exact) mass is 470 g/mol. The lowest BCUT2D eigenvalue weighted by molar-refractivity contribution is 0.122. The second-order valence-corrected chi connectivity index (χ2v) is 7.46. The van der Waals surface area contributed by atoms with E-state index in [9.17, 15) is 4.79 Å². The van der Waals surface area contributed by atoms with Crippen LogP contribution in [0, 0.1) is 0 Å². The van der Waals surface area contributed by atoms with Crippen molar-refractivity contribution in [3.8, 4) is 0 Å². The van der Waals surface area contributed by atoms with Gasteiger partial charge in [-0.05, 0) is 24.3 Å². The van der Waals surface area contributed by atoms with Gasteiger partial charge in [-0.2, -0.15) is 0 Å². The molecule has 0 radical (unpaired) electrons. The van der Waals surface area contributed by atoms with Crippen molar-refractivity contribution < 1.29 is 14.4 Å². The molecule has 11 heteroatoms. The number of nitrogens with one attached hydrogen (secondary N) is 1. The van der Waals surface area contributed by atoms with Gasteiger partial charge in [0.05, 0.1) is 25.0 Å². The first-order chi connectivity index (χ1) is 16.7. The fourth-order valence-corrected chi connectivity index (χ4v) is 3.78. The summed E-state index contributed by atoms with van der Waals surface area (Å²) in [6.07, 6.45) is 2.93. The third-order valence-electron chi connectivity index (χ3n) is 5.54. The highest BCUT2D eigenvalue weighted by Crippen LogP contribution is 2.22. The summed E-state index contributed by atoms with van der Waals surface area (Å²) in [7, 11) is 1.46. The van der Waals surface area contributed by atoms with E-state index >= 15 is 0 Å². The fourth-order valence-electron chi connectivity index (χ4n) is 3.78. The van der Waals surface area contributed by atoms with Gasteiger partial charge in [-0.1, -0.05) is 19.0 Å². The van der Waals surface area contributed by atoms with E-state index in [1.54, 1.807) is 4.90 Å². The van der Waals surface area contributed by atoms with Gasteiger partial charge in [0.15, 0.2) is 0 Å². The first kappa shape index (κ1) is 25.0. The Morgan fingerprint density at radius 3 is 2.38 bits per heavy atom. The molecular formula is C23H34N8O3. The number of nitrogen functional groups attached to an aromatic ring is 1. The predicted octanol–water partition coefficient (Wildman–Crippen LogP) is 2.26. The van der Waals surface area contributed by atoms with Gasteiger partial charge in [0, 0.05) is 50.6 Å². The van der Waals surface area contributed by atoms with Crippen LogP contribution in [0.4, 0.5) is 27.8 Å². The number of morpholine rings is 1. The SMILES string of the molecule is CC.CO/N=C/c1c(N)ncnc1N1CCN(C(=O)Nc2ccc(N3CCOCC3)cc2)CC1. The van der Waals surface area contributed by atoms with Crippen molar-refractivity contribution >= 4 is 35.3 Å². The van der Waals surface area contributed by atoms with Crippen LogP contribution in [0.2, 0.25) is 0 Å². The molecule has 2 fully saturated rings. The number of anilines is 4. The summed E-state index contributed by atoms with van der Waals surface area (Å²) in [4.78, 5) is 32.0. The molecule has 34 heavy (non-hydrogen) atoms. The lowest BCUT2D eigenvalue weighted by Crippen LogP contribution is -2.50. The highest BCUT2D eigenvalue weighted by Gasteiger charge is 2.24. The maximum Gasteiger partial charge on any atom is 0.321 e. The largest absolute Gasteiger partial charge is 0.399 e. The summed E-state index contributed by atoms with van der Waals surface area (Å²) < 4.78 is 5.40. The third-order valence-corrected chi connectivity index (χ3v) is 5.54. The van der Waals surface area contributed by atoms with Crippen molar-refractivity contribution in [2.75, 3.05) is 80.4 Å². The van der Waals surface area contributed by atoms with Crippen LogP contribution in [0.5, 0.6) is 0 Å². The smallest absolute Gasteiger partial charge is 0.321 e. The number of carbonyl (C=O) groups is 1. The summed E-state index contributed by atoms with van der Waals surface area (Å²) in [5.74, 6) is 1.01. The Bertz CT molecular complexity index is 940. The summed E-state index contributed by atoms with van der Waals surface area (Å²) >= 11 is 0. The van der Waals surface area contributed by atoms with E-state index in [-0.39, 0.29) is 6.03 Å². The molecule has 2 amide bonds. The topological polar surface area (TPSA) is 121 Å². The Morgan fingerprint density at radius 1 is 1.06 bits per heavy atom. The number of nitrogens with two attached hydrogens (primary N) is 1. The molecule has 0 aliphatic carbocycles. The molecule has 1 aromatic heterocycles. The Balaban J connectivity index is 0.00000158. The van der Waals surface area contributed by atoms with Gasteiger partial charge < -0.3 is 35.3 Å². The minimum atomic E-state index is -0.118. The van der Waals surface area contributed by atoms with Crippen LogP contribution in [0.15, 0.2) is 35.7 Å². The number of nitrogens with zero attached hydrogens (tertiary/aromatic N) is 6. The Hall–Kier alpha value is -3.60. The minimum absolute atomic E-state index is 0.118. The zero-order valence-electron chi connectivity index (χ0n) is 20.1. The zero-order valence-corrected chi connectivity index (χ0v) is 20.1. The van der Waals surface area contributed by atoms with Gasteiger partial charge in [-0.3, -0.25) is 0 Å². The summed E-state index contributed by atoms with van der Waals surface area (Å²) in [5.41, 5.74) is 8.49. The first-order valence-electron chi connectivity index (χ1n) is 11.6. The van der Waals surface area contributed by atoms with Gasteiger partial charge >= 0.3 is 6.03 Å². The molecule has 184 valence electrons. The molecule has 0 spiro atoms. The Kier molecular flexibility index (Phi) is 9.27. The van der Waals surface area contributed by atoms with Gasteiger partial charge in [0.25, 0.3) is 0 Å². The highest BCUT2D eigenvalue weighted by molar-refractivity contribution is 5.92. The van der Waals surface area contributed by atoms with E-state index in [2.05, 4.69) is 30.2 Å². The highest BCUT2D eigenvalue weighted by atomic mass is 16.6. The van der Waals surface area contributed by atoms with Crippen molar-refractivity contribution in [2.45, 2.75) is 13.8 Å². The third kappa shape index (κ3) is 6.25. The lowest BCUT2D eigenvalue weighted by atomic mass is 10.2. The molecular weight excluding hydrogens is 436 g/mol. The molecule has 4 rings (SSSR count). The molecule has 0 bridgehead atoms. The second-order valence-electron chi connectivity index (χ2n) is 7.46. The van der Waals surface area contributed by atoms with Gasteiger partial charge in [-0.25, -0.2) is 14.8 Å². The van der Waals surface area contributed by atoms with Crippen LogP contribution in [0.3, 0.4) is 0 Å². The molecule has 2 aliphatic rings. The standard InChI is InChI=1S/C21H28N8O3.C2H6/c1-31-25-14-18-19(22)23-15-24-20(18)28-6-8-29(9-7-28)21(30)26-16-2-4-17(5-3-16)27-10-12-32-13-11-27;1-2/h2-5,14-15H,6-13H2,1H3,(H,26,30)(H2,22,23,24);1-2H3/b25-14+;. The molecule has 11 nitrogen and oxygen atoms in total. The van der Waals surface area contributed by atoms with E-state index in [1.165, 1.54) is 19.7 Å². The fraction of sp³-hybridized carbons (Fsp3) is 0.478. The van der Waals surface area contributed by atoms with E-state index in [0.29, 0.717) is 43.4 Å². The molecule has 2 saturated heterocycles. The Morgan fingerprint density at radius 2 is 1.74 bits per heavy atom. The number of aromatic nitrogens is 2. The number of benzene rings is 1. The number of piperazine rings is 1. The Labute approximate surface area is 200 Å². The maximum atomic E-state index is 12.7. The molecule has 1 aromatic carbocycles. The lowest BCUT2D eigenvalue weighted by Gasteiger charge is -2.35. The average molecular weight is 471 g/mol. The van der Waals surface area contributed by atoms with Crippen LogP contribution >= 0.6 is 0 Å². The molecule has 0 saturated carbocycles. The van der Waals surface area contributed by atoms with Crippen molar-refractivity contribution in [1.82, 2.24) is 14.9 Å². The molecule has 3 N–H and O–H groups in total. The maximum absolute atomic E-state index is 12.7. The summed E-state index contributed by atoms with van der Waals surface area (Å²) in [5, 5.41) is 6.78. The molecule has 2 aromatic rings. The number of carbonyl (C=O) groups excluding carboxylic acids is 1. The van der Waals surface area contributed by atoms with Crippen LogP contribution < -0.4 is 20.9 Å². The number of amides is 2. The number of hydrogen-bond donors (Lipinski definition) is 2. The first-order valence-corrected chi connectivity index (χ1v) is 11.6. The van der Waals surface area contributed by atoms with Crippen LogP contribution in [-0.4, -0.2) is 86.7 Å². The minimum Gasteiger partial charge on any atom is -0.399 e. The molecule has 3 heterocycles. The number of ether oxygens (including phenoxy) is 1. The molecule has 2 aliphatic heterocycles. The van der Waals surface area contributed by atoms with Crippen LogP contribution in [0.1, 0.15) is 19.4 Å².